The summed E-state index contributed by atoms with van der Waals surface area (Å²) in [5.41, 5.74) is 0. The van der Waals surface area contributed by atoms with E-state index in [0.717, 1.165) is 12.8 Å². The summed E-state index contributed by atoms with van der Waals surface area (Å²) in [4.78, 5) is 0. The molecule has 0 aromatic rings. The zero-order valence-corrected chi connectivity index (χ0v) is 5.59. The van der Waals surface area contributed by atoms with Crippen LogP contribution in [-0.2, 0) is 0 Å². The van der Waals surface area contributed by atoms with Gasteiger partial charge >= 0.3 is 0 Å². The van der Waals surface area contributed by atoms with E-state index in [9.17, 15) is 0 Å². The van der Waals surface area contributed by atoms with Crippen LogP contribution in [0.3, 0.4) is 0 Å². The number of nitriles is 2. The van der Waals surface area contributed by atoms with Crippen LogP contribution < -0.4 is 0 Å². The highest BCUT2D eigenvalue weighted by Crippen LogP contribution is 2.04. The van der Waals surface area contributed by atoms with Crippen molar-refractivity contribution in [2.24, 2.45) is 5.92 Å². The predicted octanol–water partition coefficient (Wildman–Crippen LogP) is 1.84. The molecule has 2 nitrogen and oxygen atoms in total. The van der Waals surface area contributed by atoms with Crippen LogP contribution >= 0.6 is 0 Å². The molecule has 1 atom stereocenters. The first kappa shape index (κ1) is 7.98. The van der Waals surface area contributed by atoms with Crippen LogP contribution in [0.15, 0.2) is 0 Å². The van der Waals surface area contributed by atoms with Gasteiger partial charge in [0, 0.05) is 12.3 Å². The summed E-state index contributed by atoms with van der Waals surface area (Å²) < 4.78 is 0. The van der Waals surface area contributed by atoms with Crippen molar-refractivity contribution in [1.82, 2.24) is 0 Å². The molecule has 0 rings (SSSR count). The number of hydrogen-bond acceptors (Lipinski definition) is 2. The van der Waals surface area contributed by atoms with Gasteiger partial charge in [-0.25, -0.2) is 0 Å². The molecule has 0 aliphatic rings. The second kappa shape index (κ2) is 5.12. The molecule has 0 heterocycles. The smallest absolute Gasteiger partial charge is 0.0652 e. The Morgan fingerprint density at radius 3 is 2.56 bits per heavy atom. The van der Waals surface area contributed by atoms with Gasteiger partial charge in [0.1, 0.15) is 0 Å². The van der Waals surface area contributed by atoms with E-state index in [1.54, 1.807) is 0 Å². The fourth-order valence-electron chi connectivity index (χ4n) is 0.552. The van der Waals surface area contributed by atoms with Gasteiger partial charge in [0.2, 0.25) is 0 Å². The second-order valence-electron chi connectivity index (χ2n) is 2.08. The van der Waals surface area contributed by atoms with Gasteiger partial charge in [-0.15, -0.1) is 0 Å². The van der Waals surface area contributed by atoms with Crippen molar-refractivity contribution in [3.63, 3.8) is 0 Å². The third kappa shape index (κ3) is 4.84. The Morgan fingerprint density at radius 1 is 1.44 bits per heavy atom. The maximum Gasteiger partial charge on any atom is 0.0652 e. The monoisotopic (exact) mass is 122 g/mol. The average molecular weight is 122 g/mol. The quantitative estimate of drug-likeness (QED) is 0.536. The molecule has 9 heavy (non-hydrogen) atoms. The molecule has 0 aliphatic carbocycles. The van der Waals surface area contributed by atoms with Crippen LogP contribution in [0.4, 0.5) is 0 Å². The van der Waals surface area contributed by atoms with Gasteiger partial charge in [0.05, 0.1) is 12.1 Å². The highest BCUT2D eigenvalue weighted by Gasteiger charge is 1.96. The maximum atomic E-state index is 8.30. The maximum absolute atomic E-state index is 8.30. The summed E-state index contributed by atoms with van der Waals surface area (Å²) in [6, 6.07) is 4.15. The van der Waals surface area contributed by atoms with Crippen molar-refractivity contribution < 1.29 is 0 Å². The van der Waals surface area contributed by atoms with Gasteiger partial charge in [-0.3, -0.25) is 0 Å². The van der Waals surface area contributed by atoms with Crippen molar-refractivity contribution >= 4 is 0 Å². The molecule has 0 aliphatic heterocycles. The number of hydrogen-bond donors (Lipinski definition) is 0. The Kier molecular flexibility index (Phi) is 4.54. The lowest BCUT2D eigenvalue weighted by Crippen LogP contribution is -1.87. The molecule has 0 saturated heterocycles. The fourth-order valence-corrected chi connectivity index (χ4v) is 0.552. The zero-order chi connectivity index (χ0) is 7.11. The lowest BCUT2D eigenvalue weighted by Gasteiger charge is -1.95. The first-order valence-corrected chi connectivity index (χ1v) is 3.08. The molecule has 0 aromatic heterocycles. The second-order valence-corrected chi connectivity index (χ2v) is 2.08. The van der Waals surface area contributed by atoms with E-state index < -0.39 is 0 Å². The van der Waals surface area contributed by atoms with Crippen molar-refractivity contribution in [3.8, 4) is 12.1 Å². The van der Waals surface area contributed by atoms with E-state index in [2.05, 4.69) is 6.07 Å². The third-order valence-corrected chi connectivity index (χ3v) is 1.15. The summed E-state index contributed by atoms with van der Waals surface area (Å²) in [6.45, 7) is 1.87. The van der Waals surface area contributed by atoms with Gasteiger partial charge in [-0.2, -0.15) is 10.5 Å². The Bertz CT molecular complexity index is 138. The summed E-state index contributed by atoms with van der Waals surface area (Å²) >= 11 is 0. The lowest BCUT2D eigenvalue weighted by molar-refractivity contribution is 0.625. The van der Waals surface area contributed by atoms with E-state index in [1.807, 2.05) is 13.0 Å². The van der Waals surface area contributed by atoms with E-state index in [4.69, 9.17) is 10.5 Å². The zero-order valence-electron chi connectivity index (χ0n) is 5.59. The van der Waals surface area contributed by atoms with E-state index in [1.165, 1.54) is 0 Å². The minimum absolute atomic E-state index is 0.110. The first-order chi connectivity index (χ1) is 4.31. The molecule has 0 saturated carbocycles. The topological polar surface area (TPSA) is 47.6 Å². The van der Waals surface area contributed by atoms with Crippen LogP contribution in [0.2, 0.25) is 0 Å². The molecular formula is C7H10N2. The summed E-state index contributed by atoms with van der Waals surface area (Å²) in [6.07, 6.45) is 2.28. The van der Waals surface area contributed by atoms with E-state index in [0.29, 0.717) is 6.42 Å². The molecule has 48 valence electrons. The molecule has 0 fully saturated rings. The normalized spacial score (nSPS) is 11.4. The minimum atomic E-state index is 0.110. The van der Waals surface area contributed by atoms with Gasteiger partial charge in [-0.05, 0) is 19.8 Å². The number of rotatable bonds is 3. The molecule has 1 unspecified atom stereocenters. The van der Waals surface area contributed by atoms with Crippen LogP contribution in [0.1, 0.15) is 26.2 Å². The summed E-state index contributed by atoms with van der Waals surface area (Å²) in [7, 11) is 0. The summed E-state index contributed by atoms with van der Waals surface area (Å²) in [5, 5.41) is 16.4. The molecule has 0 bridgehead atoms. The van der Waals surface area contributed by atoms with E-state index >= 15 is 0 Å². The lowest BCUT2D eigenvalue weighted by atomic mass is 10.1. The summed E-state index contributed by atoms with van der Waals surface area (Å²) in [5.74, 6) is 0.110. The largest absolute Gasteiger partial charge is 0.198 e. The molecule has 0 radical (unpaired) electrons. The molecule has 2 heteroatoms. The number of nitrogens with zero attached hydrogens (tertiary/aromatic N) is 2. The van der Waals surface area contributed by atoms with Crippen LogP contribution in [-0.4, -0.2) is 0 Å². The SMILES string of the molecule is CC(C#N)CCCC#N. The first-order valence-electron chi connectivity index (χ1n) is 3.08. The van der Waals surface area contributed by atoms with Gasteiger partial charge in [0.25, 0.3) is 0 Å². The van der Waals surface area contributed by atoms with Gasteiger partial charge < -0.3 is 0 Å². The van der Waals surface area contributed by atoms with Crippen LogP contribution in [0.5, 0.6) is 0 Å². The number of unbranched alkanes of at least 4 members (excludes halogenated alkanes) is 1. The fraction of sp³-hybridized carbons (Fsp3) is 0.714. The highest BCUT2D eigenvalue weighted by atomic mass is 14.3. The Morgan fingerprint density at radius 2 is 2.11 bits per heavy atom. The molecular weight excluding hydrogens is 112 g/mol. The third-order valence-electron chi connectivity index (χ3n) is 1.15. The van der Waals surface area contributed by atoms with E-state index in [-0.39, 0.29) is 5.92 Å². The molecule has 0 amide bonds. The average Bonchev–Trinajstić information content (AvgIpc) is 1.89. The van der Waals surface area contributed by atoms with Gasteiger partial charge in [0.15, 0.2) is 0 Å². The van der Waals surface area contributed by atoms with Crippen molar-refractivity contribution in [2.45, 2.75) is 26.2 Å². The van der Waals surface area contributed by atoms with Crippen molar-refractivity contribution in [2.75, 3.05) is 0 Å². The minimum Gasteiger partial charge on any atom is -0.198 e. The molecule has 0 N–H and O–H groups in total. The molecule has 0 spiro atoms. The Hall–Kier alpha value is -1.02. The van der Waals surface area contributed by atoms with Crippen molar-refractivity contribution in [3.05, 3.63) is 0 Å². The van der Waals surface area contributed by atoms with Crippen molar-refractivity contribution in [1.29, 1.82) is 10.5 Å². The van der Waals surface area contributed by atoms with Gasteiger partial charge in [-0.1, -0.05) is 0 Å². The Labute approximate surface area is 55.7 Å². The Balaban J connectivity index is 3.12. The molecule has 0 aromatic carbocycles. The van der Waals surface area contributed by atoms with Crippen LogP contribution in [0, 0.1) is 28.6 Å². The highest BCUT2D eigenvalue weighted by molar-refractivity contribution is 4.79. The standard InChI is InChI=1S/C7H10N2/c1-7(6-9)4-2-3-5-8/h7H,2-4H2,1H3. The van der Waals surface area contributed by atoms with Crippen LogP contribution in [0.25, 0.3) is 0 Å². The predicted molar refractivity (Wildman–Crippen MR) is 34.2 cm³/mol.